The van der Waals surface area contributed by atoms with E-state index in [1.165, 1.54) is 16.5 Å². The van der Waals surface area contributed by atoms with Gasteiger partial charge in [0.15, 0.2) is 0 Å². The van der Waals surface area contributed by atoms with E-state index in [0.29, 0.717) is 0 Å². The first kappa shape index (κ1) is 12.9. The number of nitrogens with one attached hydrogen (secondary N) is 1. The van der Waals surface area contributed by atoms with Crippen LogP contribution in [0.2, 0.25) is 0 Å². The molecule has 0 saturated carbocycles. The molecule has 3 rings (SSSR count). The molecule has 102 valence electrons. The lowest BCUT2D eigenvalue weighted by Gasteiger charge is -2.07. The highest BCUT2D eigenvalue weighted by Crippen LogP contribution is 2.16. The van der Waals surface area contributed by atoms with Crippen molar-refractivity contribution in [2.24, 2.45) is 0 Å². The van der Waals surface area contributed by atoms with Gasteiger partial charge in [-0.3, -0.25) is 4.98 Å². The molecule has 20 heavy (non-hydrogen) atoms. The van der Waals surface area contributed by atoms with Gasteiger partial charge in [-0.2, -0.15) is 0 Å². The fraction of sp³-hybridized carbons (Fsp3) is 0.235. The monoisotopic (exact) mass is 265 g/mol. The SMILES string of the molecule is Cc1ccc2c(ccn2CCNCc2ccccn2)c1. The van der Waals surface area contributed by atoms with Crippen LogP contribution in [0, 0.1) is 6.92 Å². The quantitative estimate of drug-likeness (QED) is 0.718. The highest BCUT2D eigenvalue weighted by atomic mass is 15.0. The van der Waals surface area contributed by atoms with Crippen molar-refractivity contribution in [3.05, 3.63) is 66.1 Å². The molecule has 2 heterocycles. The Bertz CT molecular complexity index is 686. The number of aryl methyl sites for hydroxylation is 1. The van der Waals surface area contributed by atoms with Crippen molar-refractivity contribution in [2.75, 3.05) is 6.54 Å². The van der Waals surface area contributed by atoms with Crippen molar-refractivity contribution < 1.29 is 0 Å². The molecule has 0 fully saturated rings. The van der Waals surface area contributed by atoms with Crippen molar-refractivity contribution in [3.63, 3.8) is 0 Å². The Balaban J connectivity index is 1.58. The minimum Gasteiger partial charge on any atom is -0.346 e. The average Bonchev–Trinajstić information content (AvgIpc) is 2.87. The van der Waals surface area contributed by atoms with Gasteiger partial charge in [-0.15, -0.1) is 0 Å². The minimum absolute atomic E-state index is 0.819. The van der Waals surface area contributed by atoms with E-state index in [9.17, 15) is 0 Å². The summed E-state index contributed by atoms with van der Waals surface area (Å²) in [5.74, 6) is 0. The molecule has 3 aromatic rings. The summed E-state index contributed by atoms with van der Waals surface area (Å²) in [6.45, 7) is 4.86. The lowest BCUT2D eigenvalue weighted by Crippen LogP contribution is -2.19. The molecule has 0 aliphatic heterocycles. The van der Waals surface area contributed by atoms with E-state index in [1.807, 2.05) is 24.4 Å². The van der Waals surface area contributed by atoms with Gasteiger partial charge in [0.25, 0.3) is 0 Å². The first-order valence-electron chi connectivity index (χ1n) is 6.99. The molecule has 0 saturated heterocycles. The molecule has 0 amide bonds. The maximum Gasteiger partial charge on any atom is 0.0541 e. The molecule has 2 aromatic heterocycles. The summed E-state index contributed by atoms with van der Waals surface area (Å²) < 4.78 is 2.29. The summed E-state index contributed by atoms with van der Waals surface area (Å²) in [6, 6.07) is 14.8. The molecule has 0 aliphatic carbocycles. The van der Waals surface area contributed by atoms with Gasteiger partial charge in [-0.1, -0.05) is 17.7 Å². The van der Waals surface area contributed by atoms with Crippen LogP contribution in [0.1, 0.15) is 11.3 Å². The third-order valence-electron chi connectivity index (χ3n) is 3.49. The van der Waals surface area contributed by atoms with E-state index >= 15 is 0 Å². The second-order valence-corrected chi connectivity index (χ2v) is 5.07. The summed E-state index contributed by atoms with van der Waals surface area (Å²) in [5.41, 5.74) is 3.69. The Morgan fingerprint density at radius 1 is 1.15 bits per heavy atom. The van der Waals surface area contributed by atoms with Crippen LogP contribution < -0.4 is 5.32 Å². The average molecular weight is 265 g/mol. The largest absolute Gasteiger partial charge is 0.346 e. The zero-order chi connectivity index (χ0) is 13.8. The fourth-order valence-electron chi connectivity index (χ4n) is 2.43. The van der Waals surface area contributed by atoms with Gasteiger partial charge in [0, 0.05) is 37.5 Å². The van der Waals surface area contributed by atoms with Crippen LogP contribution in [-0.4, -0.2) is 16.1 Å². The van der Waals surface area contributed by atoms with Gasteiger partial charge >= 0.3 is 0 Å². The van der Waals surface area contributed by atoms with Crippen LogP contribution in [0.4, 0.5) is 0 Å². The predicted molar refractivity (Wildman–Crippen MR) is 82.6 cm³/mol. The summed E-state index contributed by atoms with van der Waals surface area (Å²) in [4.78, 5) is 4.30. The molecule has 0 radical (unpaired) electrons. The Hall–Kier alpha value is -2.13. The zero-order valence-corrected chi connectivity index (χ0v) is 11.7. The van der Waals surface area contributed by atoms with Gasteiger partial charge in [-0.05, 0) is 42.6 Å². The van der Waals surface area contributed by atoms with Gasteiger partial charge in [0.1, 0.15) is 0 Å². The van der Waals surface area contributed by atoms with Crippen molar-refractivity contribution in [1.29, 1.82) is 0 Å². The number of rotatable bonds is 5. The number of benzene rings is 1. The van der Waals surface area contributed by atoms with E-state index < -0.39 is 0 Å². The van der Waals surface area contributed by atoms with Gasteiger partial charge < -0.3 is 9.88 Å². The van der Waals surface area contributed by atoms with Crippen molar-refractivity contribution in [2.45, 2.75) is 20.0 Å². The predicted octanol–water partition coefficient (Wildman–Crippen LogP) is 3.13. The Morgan fingerprint density at radius 2 is 2.10 bits per heavy atom. The van der Waals surface area contributed by atoms with Gasteiger partial charge in [0.2, 0.25) is 0 Å². The second-order valence-electron chi connectivity index (χ2n) is 5.07. The molecule has 0 spiro atoms. The molecule has 1 N–H and O–H groups in total. The van der Waals surface area contributed by atoms with Crippen LogP contribution in [0.5, 0.6) is 0 Å². The molecule has 0 aliphatic rings. The lowest BCUT2D eigenvalue weighted by atomic mass is 10.2. The minimum atomic E-state index is 0.819. The number of nitrogens with zero attached hydrogens (tertiary/aromatic N) is 2. The number of fused-ring (bicyclic) bond motifs is 1. The topological polar surface area (TPSA) is 29.9 Å². The number of pyridine rings is 1. The highest BCUT2D eigenvalue weighted by Gasteiger charge is 2.00. The van der Waals surface area contributed by atoms with E-state index in [-0.39, 0.29) is 0 Å². The first-order valence-corrected chi connectivity index (χ1v) is 6.99. The smallest absolute Gasteiger partial charge is 0.0541 e. The molecule has 0 bridgehead atoms. The van der Waals surface area contributed by atoms with Gasteiger partial charge in [-0.25, -0.2) is 0 Å². The summed E-state index contributed by atoms with van der Waals surface area (Å²) in [6.07, 6.45) is 3.99. The molecule has 0 atom stereocenters. The molecular formula is C17H19N3. The van der Waals surface area contributed by atoms with Crippen LogP contribution in [0.3, 0.4) is 0 Å². The summed E-state index contributed by atoms with van der Waals surface area (Å²) >= 11 is 0. The standard InChI is InChI=1S/C17H19N3/c1-14-5-6-17-15(12-14)7-10-20(17)11-9-18-13-16-4-2-3-8-19-16/h2-8,10,12,18H,9,11,13H2,1H3. The lowest BCUT2D eigenvalue weighted by molar-refractivity contribution is 0.603. The van der Waals surface area contributed by atoms with Crippen LogP contribution in [0.15, 0.2) is 54.9 Å². The number of hydrogen-bond donors (Lipinski definition) is 1. The molecule has 1 aromatic carbocycles. The molecule has 3 nitrogen and oxygen atoms in total. The molecule has 3 heteroatoms. The van der Waals surface area contributed by atoms with Crippen molar-refractivity contribution >= 4 is 10.9 Å². The second kappa shape index (κ2) is 5.88. The third kappa shape index (κ3) is 2.89. The number of hydrogen-bond acceptors (Lipinski definition) is 2. The highest BCUT2D eigenvalue weighted by molar-refractivity contribution is 5.80. The van der Waals surface area contributed by atoms with Crippen molar-refractivity contribution in [1.82, 2.24) is 14.9 Å². The Labute approximate surface area is 119 Å². The van der Waals surface area contributed by atoms with Crippen LogP contribution in [0.25, 0.3) is 10.9 Å². The van der Waals surface area contributed by atoms with Crippen LogP contribution in [-0.2, 0) is 13.1 Å². The Kier molecular flexibility index (Phi) is 3.79. The molecular weight excluding hydrogens is 246 g/mol. The van der Waals surface area contributed by atoms with E-state index in [2.05, 4.69) is 52.3 Å². The van der Waals surface area contributed by atoms with Crippen molar-refractivity contribution in [3.8, 4) is 0 Å². The first-order chi connectivity index (χ1) is 9.83. The van der Waals surface area contributed by atoms with Gasteiger partial charge in [0.05, 0.1) is 5.69 Å². The summed E-state index contributed by atoms with van der Waals surface area (Å²) in [7, 11) is 0. The Morgan fingerprint density at radius 3 is 2.95 bits per heavy atom. The zero-order valence-electron chi connectivity index (χ0n) is 11.7. The third-order valence-corrected chi connectivity index (χ3v) is 3.49. The van der Waals surface area contributed by atoms with E-state index in [0.717, 1.165) is 25.3 Å². The summed E-state index contributed by atoms with van der Waals surface area (Å²) in [5, 5.41) is 4.75. The van der Waals surface area contributed by atoms with E-state index in [1.54, 1.807) is 0 Å². The van der Waals surface area contributed by atoms with E-state index in [4.69, 9.17) is 0 Å². The van der Waals surface area contributed by atoms with Crippen LogP contribution >= 0.6 is 0 Å². The normalized spacial score (nSPS) is 11.1. The fourth-order valence-corrected chi connectivity index (χ4v) is 2.43. The molecule has 0 unspecified atom stereocenters. The maximum absolute atomic E-state index is 4.30. The maximum atomic E-state index is 4.30. The number of aromatic nitrogens is 2.